The molecule has 6 N–H and O–H groups in total. The van der Waals surface area contributed by atoms with Crippen LogP contribution in [0, 0.1) is 23.7 Å². The fourth-order valence-corrected chi connectivity index (χ4v) is 8.38. The molecule has 15 heteroatoms. The Morgan fingerprint density at radius 3 is 2.04 bits per heavy atom. The van der Waals surface area contributed by atoms with Gasteiger partial charge in [0.05, 0.1) is 35.6 Å². The first-order valence-corrected chi connectivity index (χ1v) is 18.6. The Morgan fingerprint density at radius 1 is 0.904 bits per heavy atom. The molecule has 0 aliphatic carbocycles. The van der Waals surface area contributed by atoms with Gasteiger partial charge in [0.15, 0.2) is 18.4 Å². The lowest BCUT2D eigenvalue weighted by Crippen LogP contribution is -2.65. The second-order valence-electron chi connectivity index (χ2n) is 16.6. The van der Waals surface area contributed by atoms with Gasteiger partial charge in [0, 0.05) is 37.3 Å². The van der Waals surface area contributed by atoms with Crippen LogP contribution in [0.4, 0.5) is 0 Å². The van der Waals surface area contributed by atoms with Crippen molar-refractivity contribution in [2.24, 2.45) is 23.7 Å². The number of carbonyl (C=O) groups excluding carboxylic acids is 2. The molecular formula is C37H67NO14. The average molecular weight is 750 g/mol. The summed E-state index contributed by atoms with van der Waals surface area (Å²) in [6.45, 7) is 15.3. The van der Waals surface area contributed by atoms with Gasteiger partial charge in [-0.05, 0) is 74.9 Å². The molecule has 0 saturated carbocycles. The van der Waals surface area contributed by atoms with E-state index in [4.69, 9.17) is 28.4 Å². The molecule has 0 bridgehead atoms. The van der Waals surface area contributed by atoms with Crippen molar-refractivity contribution in [3.8, 4) is 0 Å². The normalized spacial score (nSPS) is 50.5. The van der Waals surface area contributed by atoms with Gasteiger partial charge in [-0.25, -0.2) is 0 Å². The van der Waals surface area contributed by atoms with E-state index in [0.717, 1.165) is 0 Å². The molecule has 15 nitrogen and oxygen atoms in total. The van der Waals surface area contributed by atoms with Gasteiger partial charge in [-0.3, -0.25) is 9.59 Å². The number of likely N-dealkylation sites (N-methyl/N-ethyl adjacent to an activating group) is 1. The molecule has 0 spiro atoms. The van der Waals surface area contributed by atoms with Crippen molar-refractivity contribution in [1.82, 2.24) is 4.90 Å². The smallest absolute Gasteiger partial charge is 0.314 e. The first-order chi connectivity index (χ1) is 23.8. The molecule has 3 fully saturated rings. The maximum atomic E-state index is 14.1. The fourth-order valence-electron chi connectivity index (χ4n) is 8.38. The van der Waals surface area contributed by atoms with E-state index in [-0.39, 0.29) is 25.4 Å². The van der Waals surface area contributed by atoms with Crippen LogP contribution in [-0.2, 0) is 38.0 Å². The third-order valence-electron chi connectivity index (χ3n) is 12.1. The molecule has 3 rings (SSSR count). The number of ether oxygens (including phenoxy) is 6. The van der Waals surface area contributed by atoms with Gasteiger partial charge in [-0.2, -0.15) is 0 Å². The molecule has 3 aliphatic rings. The number of aliphatic hydroxyl groups is 6. The van der Waals surface area contributed by atoms with Crippen LogP contribution in [0.3, 0.4) is 0 Å². The molecule has 3 heterocycles. The topological polar surface area (TPSA) is 214 Å². The predicted octanol–water partition coefficient (Wildman–Crippen LogP) is 1.11. The van der Waals surface area contributed by atoms with Crippen molar-refractivity contribution in [1.29, 1.82) is 0 Å². The summed E-state index contributed by atoms with van der Waals surface area (Å²) >= 11 is 0. The molecular weight excluding hydrogens is 682 g/mol. The highest BCUT2D eigenvalue weighted by Gasteiger charge is 2.58. The molecule has 0 aromatic rings. The van der Waals surface area contributed by atoms with Crippen molar-refractivity contribution in [2.75, 3.05) is 21.2 Å². The molecule has 304 valence electrons. The molecule has 2 unspecified atom stereocenters. The number of rotatable bonds is 7. The maximum Gasteiger partial charge on any atom is 0.314 e. The van der Waals surface area contributed by atoms with Crippen molar-refractivity contribution in [2.45, 2.75) is 179 Å². The SMILES string of the molecule is CC[C@H]1OC(=O)[C@H](C)[C@@](O)(OC2C[C@@](C)(OC)[C@@H](O)[C@H](C)O2)[C@H](C)[C@@H](OC2O[C@@H](C)C[C@@H](N(C)C)[C@@H]2O)[C@](C)(O)C[C@@H](C)C(=O)[C@H](C)[C@@H](O)[C@]1(C)O. The Kier molecular flexibility index (Phi) is 14.6. The Balaban J connectivity index is 2.24. The number of ketones is 1. The van der Waals surface area contributed by atoms with E-state index in [0.29, 0.717) is 6.42 Å². The highest BCUT2D eigenvalue weighted by atomic mass is 16.8. The first kappa shape index (κ1) is 45.1. The van der Waals surface area contributed by atoms with Crippen LogP contribution in [-0.4, -0.2) is 152 Å². The summed E-state index contributed by atoms with van der Waals surface area (Å²) in [6.07, 6.45) is -10.3. The number of cyclic esters (lactones) is 1. The Morgan fingerprint density at radius 2 is 1.50 bits per heavy atom. The van der Waals surface area contributed by atoms with Crippen molar-refractivity contribution in [3.63, 3.8) is 0 Å². The molecule has 0 amide bonds. The molecule has 3 aliphatic heterocycles. The van der Waals surface area contributed by atoms with Crippen molar-refractivity contribution in [3.05, 3.63) is 0 Å². The fraction of sp³-hybridized carbons (Fsp3) is 0.946. The lowest BCUT2D eigenvalue weighted by atomic mass is 9.73. The van der Waals surface area contributed by atoms with Crippen LogP contribution in [0.2, 0.25) is 0 Å². The van der Waals surface area contributed by atoms with E-state index < -0.39 is 113 Å². The average Bonchev–Trinajstić information content (AvgIpc) is 3.06. The molecule has 0 aromatic heterocycles. The second-order valence-corrected chi connectivity index (χ2v) is 16.6. The number of aliphatic hydroxyl groups excluding tert-OH is 3. The number of hydrogen-bond donors (Lipinski definition) is 6. The lowest BCUT2D eigenvalue weighted by Gasteiger charge is -2.51. The van der Waals surface area contributed by atoms with Gasteiger partial charge in [0.2, 0.25) is 0 Å². The van der Waals surface area contributed by atoms with Gasteiger partial charge in [0.1, 0.15) is 35.6 Å². The van der Waals surface area contributed by atoms with Crippen molar-refractivity contribution >= 4 is 11.8 Å². The van der Waals surface area contributed by atoms with E-state index in [1.54, 1.807) is 27.7 Å². The zero-order chi connectivity index (χ0) is 39.9. The van der Waals surface area contributed by atoms with Crippen LogP contribution >= 0.6 is 0 Å². The largest absolute Gasteiger partial charge is 0.459 e. The number of methoxy groups -OCH3 is 1. The quantitative estimate of drug-likeness (QED) is 0.159. The summed E-state index contributed by atoms with van der Waals surface area (Å²) in [5.41, 5.74) is -5.25. The van der Waals surface area contributed by atoms with Gasteiger partial charge >= 0.3 is 5.97 Å². The standard InChI is InChI=1S/C37H67NO14/c1-14-25-36(10,45)29(41)20(4)27(39)18(2)16-34(8,44)31(51-33-28(40)24(38(11)12)15-19(3)48-33)21(5)37(46,22(6)32(43)50-25)52-26-17-35(9,47-13)30(42)23(7)49-26/h18-26,28-31,33,40-42,44-46H,14-17H2,1-13H3/t18-,19+,20+,21-,22+,23+,24-,25-,26?,28+,29-,30+,31-,33?,34-,35-,36-,37+/m1/s1. The second kappa shape index (κ2) is 16.8. The molecule has 18 atom stereocenters. The van der Waals surface area contributed by atoms with Gasteiger partial charge in [-0.15, -0.1) is 0 Å². The Labute approximate surface area is 308 Å². The summed E-state index contributed by atoms with van der Waals surface area (Å²) in [5.74, 6) is -9.03. The minimum absolute atomic E-state index is 0.0454. The van der Waals surface area contributed by atoms with E-state index in [1.807, 2.05) is 25.9 Å². The van der Waals surface area contributed by atoms with Crippen LogP contribution in [0.1, 0.15) is 94.9 Å². The van der Waals surface area contributed by atoms with Crippen LogP contribution in [0.5, 0.6) is 0 Å². The summed E-state index contributed by atoms with van der Waals surface area (Å²) in [7, 11) is 5.04. The third-order valence-corrected chi connectivity index (χ3v) is 12.1. The zero-order valence-corrected chi connectivity index (χ0v) is 33.3. The number of hydrogen-bond acceptors (Lipinski definition) is 15. The van der Waals surface area contributed by atoms with E-state index in [9.17, 15) is 40.2 Å². The minimum atomic E-state index is -2.58. The van der Waals surface area contributed by atoms with E-state index in [2.05, 4.69) is 0 Å². The van der Waals surface area contributed by atoms with Crippen LogP contribution in [0.25, 0.3) is 0 Å². The summed E-state index contributed by atoms with van der Waals surface area (Å²) in [5, 5.41) is 70.5. The molecule has 0 aromatic carbocycles. The van der Waals surface area contributed by atoms with Gasteiger partial charge in [-0.1, -0.05) is 27.7 Å². The molecule has 3 saturated heterocycles. The number of nitrogens with zero attached hydrogens (tertiary/aromatic N) is 1. The lowest BCUT2D eigenvalue weighted by molar-refractivity contribution is -0.383. The number of carbonyl (C=O) groups is 2. The monoisotopic (exact) mass is 749 g/mol. The molecule has 0 radical (unpaired) electrons. The third kappa shape index (κ3) is 9.03. The number of Topliss-reactive ketones (excluding diaryl/α,β-unsaturated/α-hetero) is 1. The molecule has 52 heavy (non-hydrogen) atoms. The van der Waals surface area contributed by atoms with E-state index in [1.165, 1.54) is 41.7 Å². The van der Waals surface area contributed by atoms with Crippen LogP contribution < -0.4 is 0 Å². The zero-order valence-electron chi connectivity index (χ0n) is 33.3. The number of esters is 1. The van der Waals surface area contributed by atoms with Crippen LogP contribution in [0.15, 0.2) is 0 Å². The summed E-state index contributed by atoms with van der Waals surface area (Å²) in [6, 6.07) is -0.395. The summed E-state index contributed by atoms with van der Waals surface area (Å²) in [4.78, 5) is 29.8. The minimum Gasteiger partial charge on any atom is -0.459 e. The van der Waals surface area contributed by atoms with Crippen molar-refractivity contribution < 1.29 is 68.6 Å². The van der Waals surface area contributed by atoms with Gasteiger partial charge < -0.3 is 64.0 Å². The highest BCUT2D eigenvalue weighted by Crippen LogP contribution is 2.44. The Hall–Kier alpha value is -1.34. The summed E-state index contributed by atoms with van der Waals surface area (Å²) < 4.78 is 36.4. The first-order valence-electron chi connectivity index (χ1n) is 18.6. The predicted molar refractivity (Wildman–Crippen MR) is 187 cm³/mol. The van der Waals surface area contributed by atoms with Gasteiger partial charge in [0.25, 0.3) is 0 Å². The van der Waals surface area contributed by atoms with E-state index >= 15 is 0 Å². The highest BCUT2D eigenvalue weighted by molar-refractivity contribution is 5.83. The Bertz CT molecular complexity index is 1220. The maximum absolute atomic E-state index is 14.1.